The van der Waals surface area contributed by atoms with Crippen molar-refractivity contribution in [3.63, 3.8) is 0 Å². The van der Waals surface area contributed by atoms with E-state index in [1.54, 1.807) is 37.3 Å². The van der Waals surface area contributed by atoms with Crippen LogP contribution in [0.4, 0.5) is 0 Å². The average molecular weight is 357 g/mol. The van der Waals surface area contributed by atoms with Gasteiger partial charge in [-0.15, -0.1) is 0 Å². The largest absolute Gasteiger partial charge is 0.240 e. The van der Waals surface area contributed by atoms with Crippen molar-refractivity contribution in [2.45, 2.75) is 25.7 Å². The van der Waals surface area contributed by atoms with Crippen molar-refractivity contribution < 1.29 is 8.42 Å². The summed E-state index contributed by atoms with van der Waals surface area (Å²) < 4.78 is 25.1. The lowest BCUT2D eigenvalue weighted by Gasteiger charge is -2.02. The van der Waals surface area contributed by atoms with Gasteiger partial charge in [0, 0.05) is 6.54 Å². The van der Waals surface area contributed by atoms with Crippen molar-refractivity contribution in [3.05, 3.63) is 30.3 Å². The topological polar surface area (TPSA) is 46.2 Å². The third-order valence-corrected chi connectivity index (χ3v) is 2.95. The van der Waals surface area contributed by atoms with Gasteiger partial charge in [-0.1, -0.05) is 61.6 Å². The molecule has 3 nitrogen and oxygen atoms in total. The van der Waals surface area contributed by atoms with Gasteiger partial charge in [-0.2, -0.15) is 0 Å². The standard InChI is InChI=1S/C8H11NO2S.C2H6.CH3I/c1-2-9-12(10,11)8-6-4-3-5-7-8;2*1-2/h3-7,9H,2H2,1H3;1-2H3;1H3. The summed E-state index contributed by atoms with van der Waals surface area (Å²) in [6.07, 6.45) is 0. The maximum Gasteiger partial charge on any atom is 0.240 e. The minimum atomic E-state index is -3.26. The average Bonchev–Trinajstić information content (AvgIpc) is 2.35. The molecule has 0 radical (unpaired) electrons. The van der Waals surface area contributed by atoms with Crippen LogP contribution in [0.25, 0.3) is 0 Å². The molecule has 1 aromatic rings. The highest BCUT2D eigenvalue weighted by atomic mass is 127. The quantitative estimate of drug-likeness (QED) is 0.668. The summed E-state index contributed by atoms with van der Waals surface area (Å²) in [7, 11) is -3.26. The molecule has 0 saturated carbocycles. The highest BCUT2D eigenvalue weighted by molar-refractivity contribution is 14.1. The highest BCUT2D eigenvalue weighted by Crippen LogP contribution is 2.05. The molecule has 0 saturated heterocycles. The molecule has 0 unspecified atom stereocenters. The van der Waals surface area contributed by atoms with Gasteiger partial charge in [-0.25, -0.2) is 13.1 Å². The Kier molecular flexibility index (Phi) is 12.9. The second-order valence-electron chi connectivity index (χ2n) is 2.31. The zero-order chi connectivity index (χ0) is 13.0. The Morgan fingerprint density at radius 2 is 1.56 bits per heavy atom. The predicted octanol–water partition coefficient (Wildman–Crippen LogP) is 3.06. The van der Waals surface area contributed by atoms with Crippen LogP contribution in [0, 0.1) is 0 Å². The molecule has 0 aliphatic carbocycles. The number of hydrogen-bond donors (Lipinski definition) is 1. The van der Waals surface area contributed by atoms with E-state index >= 15 is 0 Å². The molecule has 1 rings (SSSR count). The van der Waals surface area contributed by atoms with Gasteiger partial charge in [0.2, 0.25) is 10.0 Å². The number of sulfonamides is 1. The fraction of sp³-hybridized carbons (Fsp3) is 0.455. The van der Waals surface area contributed by atoms with Crippen molar-refractivity contribution >= 4 is 32.6 Å². The number of nitrogens with one attached hydrogen (secondary N) is 1. The third kappa shape index (κ3) is 7.19. The monoisotopic (exact) mass is 357 g/mol. The summed E-state index contributed by atoms with van der Waals surface area (Å²) >= 11 is 2.15. The smallest absolute Gasteiger partial charge is 0.211 e. The predicted molar refractivity (Wildman–Crippen MR) is 78.6 cm³/mol. The molecule has 94 valence electrons. The second kappa shape index (κ2) is 11.3. The maximum absolute atomic E-state index is 11.3. The van der Waals surface area contributed by atoms with Gasteiger partial charge < -0.3 is 0 Å². The maximum atomic E-state index is 11.3. The fourth-order valence-corrected chi connectivity index (χ4v) is 1.94. The zero-order valence-corrected chi connectivity index (χ0v) is 13.2. The number of hydrogen-bond acceptors (Lipinski definition) is 2. The summed E-state index contributed by atoms with van der Waals surface area (Å²) in [4.78, 5) is 2.28. The van der Waals surface area contributed by atoms with Crippen molar-refractivity contribution in [1.82, 2.24) is 4.72 Å². The van der Waals surface area contributed by atoms with E-state index in [-0.39, 0.29) is 0 Å². The Bertz CT molecular complexity index is 338. The summed E-state index contributed by atoms with van der Waals surface area (Å²) in [6.45, 7) is 6.16. The molecule has 1 aromatic carbocycles. The van der Waals surface area contributed by atoms with Crippen molar-refractivity contribution in [2.24, 2.45) is 0 Å². The Balaban J connectivity index is 0. The molecular formula is C11H20INO2S. The van der Waals surface area contributed by atoms with E-state index in [1.165, 1.54) is 0 Å². The van der Waals surface area contributed by atoms with E-state index in [1.807, 2.05) is 18.8 Å². The number of benzene rings is 1. The van der Waals surface area contributed by atoms with Crippen molar-refractivity contribution in [3.8, 4) is 0 Å². The molecule has 0 heterocycles. The third-order valence-electron chi connectivity index (χ3n) is 1.39. The first kappa shape index (κ1) is 18.2. The first-order valence-electron chi connectivity index (χ1n) is 5.09. The van der Waals surface area contributed by atoms with Crippen LogP contribution < -0.4 is 4.72 Å². The van der Waals surface area contributed by atoms with Crippen LogP contribution in [0.3, 0.4) is 0 Å². The van der Waals surface area contributed by atoms with Crippen LogP contribution in [0.5, 0.6) is 0 Å². The Morgan fingerprint density at radius 3 is 1.94 bits per heavy atom. The SMILES string of the molecule is CC.CCNS(=O)(=O)c1ccccc1.CI. The summed E-state index contributed by atoms with van der Waals surface area (Å²) in [5, 5.41) is 0. The first-order chi connectivity index (χ1) is 7.67. The van der Waals surface area contributed by atoms with Crippen LogP contribution in [0.1, 0.15) is 20.8 Å². The molecule has 5 heteroatoms. The summed E-state index contributed by atoms with van der Waals surface area (Å²) in [5.41, 5.74) is 0. The van der Waals surface area contributed by atoms with Crippen LogP contribution in [0.2, 0.25) is 0 Å². The molecule has 0 spiro atoms. The van der Waals surface area contributed by atoms with Crippen molar-refractivity contribution in [1.29, 1.82) is 0 Å². The molecule has 0 atom stereocenters. The van der Waals surface area contributed by atoms with Gasteiger partial charge in [0.05, 0.1) is 4.90 Å². The number of halogens is 1. The molecule has 16 heavy (non-hydrogen) atoms. The first-order valence-corrected chi connectivity index (χ1v) is 8.73. The molecule has 0 aliphatic rings. The molecule has 0 fully saturated rings. The van der Waals surface area contributed by atoms with Crippen LogP contribution in [0.15, 0.2) is 35.2 Å². The normalized spacial score (nSPS) is 9.31. The van der Waals surface area contributed by atoms with E-state index < -0.39 is 10.0 Å². The van der Waals surface area contributed by atoms with E-state index in [0.717, 1.165) is 0 Å². The lowest BCUT2D eigenvalue weighted by atomic mass is 10.4. The van der Waals surface area contributed by atoms with Gasteiger partial charge in [-0.3, -0.25) is 0 Å². The van der Waals surface area contributed by atoms with Gasteiger partial charge in [0.25, 0.3) is 0 Å². The number of rotatable bonds is 3. The highest BCUT2D eigenvalue weighted by Gasteiger charge is 2.09. The summed E-state index contributed by atoms with van der Waals surface area (Å²) in [5.74, 6) is 0. The minimum Gasteiger partial charge on any atom is -0.211 e. The fourth-order valence-electron chi connectivity index (χ4n) is 0.873. The van der Waals surface area contributed by atoms with Gasteiger partial charge in [-0.05, 0) is 17.1 Å². The Morgan fingerprint density at radius 1 is 1.12 bits per heavy atom. The van der Waals surface area contributed by atoms with Crippen LogP contribution in [-0.4, -0.2) is 19.9 Å². The molecule has 0 amide bonds. The second-order valence-corrected chi connectivity index (χ2v) is 4.08. The lowest BCUT2D eigenvalue weighted by Crippen LogP contribution is -2.22. The molecular weight excluding hydrogens is 337 g/mol. The Labute approximate surface area is 113 Å². The summed E-state index contributed by atoms with van der Waals surface area (Å²) in [6, 6.07) is 8.31. The van der Waals surface area contributed by atoms with Gasteiger partial charge >= 0.3 is 0 Å². The Hall–Kier alpha value is -0.140. The van der Waals surface area contributed by atoms with Crippen LogP contribution >= 0.6 is 22.6 Å². The van der Waals surface area contributed by atoms with Crippen LogP contribution in [-0.2, 0) is 10.0 Å². The molecule has 0 bridgehead atoms. The zero-order valence-electron chi connectivity index (χ0n) is 10.2. The van der Waals surface area contributed by atoms with E-state index in [4.69, 9.17) is 0 Å². The molecule has 0 aromatic heterocycles. The number of alkyl halides is 1. The van der Waals surface area contributed by atoms with Gasteiger partial charge in [0.15, 0.2) is 0 Å². The minimum absolute atomic E-state index is 0.312. The van der Waals surface area contributed by atoms with E-state index in [0.29, 0.717) is 11.4 Å². The van der Waals surface area contributed by atoms with E-state index in [2.05, 4.69) is 27.3 Å². The molecule has 1 N–H and O–H groups in total. The van der Waals surface area contributed by atoms with E-state index in [9.17, 15) is 8.42 Å². The lowest BCUT2D eigenvalue weighted by molar-refractivity contribution is 0.584. The van der Waals surface area contributed by atoms with Gasteiger partial charge in [0.1, 0.15) is 0 Å². The van der Waals surface area contributed by atoms with Crippen molar-refractivity contribution in [2.75, 3.05) is 11.5 Å². The molecule has 0 aliphatic heterocycles.